The molecule has 0 spiro atoms. The first kappa shape index (κ1) is 26.7. The molecule has 0 aromatic rings. The van der Waals surface area contributed by atoms with Gasteiger partial charge in [-0.3, -0.25) is 0 Å². The third-order valence-electron chi connectivity index (χ3n) is 0. The Hall–Kier alpha value is 3.26. The van der Waals surface area contributed by atoms with Crippen LogP contribution in [0.5, 0.6) is 0 Å². The zero-order chi connectivity index (χ0) is 13.4. The van der Waals surface area contributed by atoms with Crippen molar-refractivity contribution in [3.8, 4) is 0 Å². The molecule has 0 unspecified atom stereocenters. The number of hydrogen-bond acceptors (Lipinski definition) is 0. The van der Waals surface area contributed by atoms with Crippen molar-refractivity contribution >= 4 is 64.6 Å². The molecule has 6 heteroatoms. The average molecular weight is 541 g/mol. The summed E-state index contributed by atoms with van der Waals surface area (Å²) in [5, 5.41) is 0. The molecule has 0 aromatic carbocycles. The van der Waals surface area contributed by atoms with Crippen molar-refractivity contribution in [1.82, 2.24) is 0 Å². The Morgan fingerprint density at radius 1 is 0.533 bits per heavy atom. The molecule has 0 amide bonds. The number of hydrogen-bond donors (Lipinski definition) is 0. The minimum atomic E-state index is 0.380. The fraction of sp³-hybridized carbons (Fsp3) is 1.00. The third-order valence-corrected chi connectivity index (χ3v) is 0. The Balaban J connectivity index is -0.0000000542. The van der Waals surface area contributed by atoms with Crippen LogP contribution in [-0.2, 0) is 8.26 Å². The van der Waals surface area contributed by atoms with Gasteiger partial charge in [0.25, 0.3) is 0 Å². The molecule has 0 heterocycles. The first-order valence-corrected chi connectivity index (χ1v) is 19.0. The molecule has 15 heavy (non-hydrogen) atoms. The zero-order valence-electron chi connectivity index (χ0n) is 11.4. The van der Waals surface area contributed by atoms with Crippen molar-refractivity contribution in [2.75, 3.05) is 60.0 Å². The van der Waals surface area contributed by atoms with Gasteiger partial charge in [0.15, 0.2) is 0 Å². The molecule has 0 saturated heterocycles. The van der Waals surface area contributed by atoms with Crippen molar-refractivity contribution in [3.63, 3.8) is 0 Å². The van der Waals surface area contributed by atoms with Crippen LogP contribution in [0.1, 0.15) is 0 Å². The van der Waals surface area contributed by atoms with Crippen molar-refractivity contribution in [2.45, 2.75) is 0 Å². The second-order valence-electron chi connectivity index (χ2n) is 4.07. The van der Waals surface area contributed by atoms with Crippen LogP contribution in [0.15, 0.2) is 0 Å². The van der Waals surface area contributed by atoms with Gasteiger partial charge in [-0.05, 0) is 60.0 Å². The van der Waals surface area contributed by atoms with E-state index in [1.54, 1.807) is 0 Å². The van der Waals surface area contributed by atoms with Crippen LogP contribution in [-0.4, -0.2) is 60.0 Å². The van der Waals surface area contributed by atoms with E-state index < -0.39 is 0 Å². The van der Waals surface area contributed by atoms with Gasteiger partial charge in [0.2, 0.25) is 0 Å². The number of halogens is 2. The normalized spacial score (nSPS) is 8.67. The number of rotatable bonds is 0. The molecule has 0 rings (SSSR count). The van der Waals surface area contributed by atoms with Crippen LogP contribution in [0.4, 0.5) is 0 Å². The van der Waals surface area contributed by atoms with E-state index in [0.29, 0.717) is 23.8 Å². The fourth-order valence-corrected chi connectivity index (χ4v) is 0. The SMILES string of the molecule is CP(C)C.CP(C)C.CP(C)C.[I][Co][I]. The van der Waals surface area contributed by atoms with E-state index in [2.05, 4.69) is 101 Å². The molecule has 0 fully saturated rings. The van der Waals surface area contributed by atoms with Crippen molar-refractivity contribution < 1.29 is 8.26 Å². The minimum absolute atomic E-state index is 0.380. The predicted octanol–water partition coefficient (Wildman–Crippen LogP) is 5.84. The standard InChI is InChI=1S/3C3H9P.Co.2HI/c3*1-4(2)3;;;/h3*1-3H3;;2*1H/q;;;+2;;/p-2. The predicted molar refractivity (Wildman–Crippen MR) is 102 cm³/mol. The summed E-state index contributed by atoms with van der Waals surface area (Å²) >= 11 is 4.49. The van der Waals surface area contributed by atoms with E-state index in [1.165, 1.54) is 8.26 Å². The Kier molecular flexibility index (Phi) is 46.3. The monoisotopic (exact) mass is 541 g/mol. The summed E-state index contributed by atoms with van der Waals surface area (Å²) in [7, 11) is 2.52. The molecule has 0 saturated carbocycles. The van der Waals surface area contributed by atoms with Gasteiger partial charge in [-0.25, -0.2) is 0 Å². The summed E-state index contributed by atoms with van der Waals surface area (Å²) in [6, 6.07) is 0. The van der Waals surface area contributed by atoms with E-state index in [-0.39, 0.29) is 0 Å². The Bertz CT molecular complexity index is 61.2. The molecule has 0 N–H and O–H groups in total. The Morgan fingerprint density at radius 2 is 0.533 bits per heavy atom. The van der Waals surface area contributed by atoms with Gasteiger partial charge in [-0.2, -0.15) is 0 Å². The summed E-state index contributed by atoms with van der Waals surface area (Å²) < 4.78 is 0. The van der Waals surface area contributed by atoms with Gasteiger partial charge >= 0.3 is 49.1 Å². The molecule has 0 aliphatic rings. The Labute approximate surface area is 131 Å². The van der Waals surface area contributed by atoms with Crippen LogP contribution in [0.25, 0.3) is 0 Å². The van der Waals surface area contributed by atoms with Crippen LogP contribution in [0, 0.1) is 0 Å². The van der Waals surface area contributed by atoms with Gasteiger partial charge in [0, 0.05) is 0 Å². The summed E-state index contributed by atoms with van der Waals surface area (Å²) in [6.45, 7) is 20.1. The molecule has 101 valence electrons. The molecule has 0 aliphatic carbocycles. The summed E-state index contributed by atoms with van der Waals surface area (Å²) in [5.41, 5.74) is 0. The zero-order valence-corrected chi connectivity index (χ0v) is 19.5. The quantitative estimate of drug-likeness (QED) is 0.267. The van der Waals surface area contributed by atoms with E-state index in [1.807, 2.05) is 0 Å². The summed E-state index contributed by atoms with van der Waals surface area (Å²) in [6.07, 6.45) is 0. The van der Waals surface area contributed by atoms with Gasteiger partial charge in [-0.1, -0.05) is 0 Å². The van der Waals surface area contributed by atoms with Crippen LogP contribution in [0.3, 0.4) is 0 Å². The molecule has 0 bridgehead atoms. The van der Waals surface area contributed by atoms with E-state index >= 15 is 0 Å². The Morgan fingerprint density at radius 3 is 0.533 bits per heavy atom. The molecule has 0 aliphatic heterocycles. The van der Waals surface area contributed by atoms with E-state index in [4.69, 9.17) is 0 Å². The molecule has 0 atom stereocenters. The molecular formula is C9H27CoI2P3. The molecule has 0 aromatic heterocycles. The maximum absolute atomic E-state index is 2.24. The third kappa shape index (κ3) is 379. The molecule has 0 radical (unpaired) electrons. The first-order chi connectivity index (χ1) is 6.61. The van der Waals surface area contributed by atoms with Gasteiger partial charge in [0.05, 0.1) is 0 Å². The van der Waals surface area contributed by atoms with Crippen molar-refractivity contribution in [3.05, 3.63) is 0 Å². The summed E-state index contributed by atoms with van der Waals surface area (Å²) in [5.74, 6) is 0. The summed E-state index contributed by atoms with van der Waals surface area (Å²) in [4.78, 5) is 0. The molecule has 0 nitrogen and oxygen atoms in total. The van der Waals surface area contributed by atoms with E-state index in [0.717, 1.165) is 0 Å². The van der Waals surface area contributed by atoms with Crippen LogP contribution in [0.2, 0.25) is 0 Å². The second kappa shape index (κ2) is 26.0. The topological polar surface area (TPSA) is 0 Å². The second-order valence-corrected chi connectivity index (χ2v) is 20.9. The fourth-order valence-electron chi connectivity index (χ4n) is 0. The van der Waals surface area contributed by atoms with Crippen molar-refractivity contribution in [2.24, 2.45) is 0 Å². The van der Waals surface area contributed by atoms with Gasteiger partial charge < -0.3 is 0 Å². The first-order valence-electron chi connectivity index (χ1n) is 4.28. The van der Waals surface area contributed by atoms with Crippen molar-refractivity contribution in [1.29, 1.82) is 0 Å². The van der Waals surface area contributed by atoms with Gasteiger partial charge in [0.1, 0.15) is 0 Å². The van der Waals surface area contributed by atoms with E-state index in [9.17, 15) is 0 Å². The average Bonchev–Trinajstić information content (AvgIpc) is 1.81. The van der Waals surface area contributed by atoms with Crippen LogP contribution < -0.4 is 0 Å². The molecular weight excluding hydrogens is 514 g/mol. The van der Waals surface area contributed by atoms with Gasteiger partial charge in [-0.15, -0.1) is 23.8 Å². The maximum atomic E-state index is 2.24. The van der Waals surface area contributed by atoms with Crippen LogP contribution >= 0.6 is 64.6 Å².